The van der Waals surface area contributed by atoms with Crippen molar-refractivity contribution in [3.63, 3.8) is 0 Å². The molecule has 13 heavy (non-hydrogen) atoms. The molecule has 0 bridgehead atoms. The molecule has 0 radical (unpaired) electrons. The highest BCUT2D eigenvalue weighted by Gasteiger charge is 2.25. The van der Waals surface area contributed by atoms with E-state index in [4.69, 9.17) is 5.11 Å². The second-order valence-corrected chi connectivity index (χ2v) is 2.30. The number of carboxylic acids is 1. The van der Waals surface area contributed by atoms with E-state index in [0.29, 0.717) is 0 Å². The Labute approximate surface area is 72.6 Å². The number of carboxylic acid groups (broad SMARTS) is 1. The largest absolute Gasteiger partial charge is 0.480 e. The van der Waals surface area contributed by atoms with Crippen molar-refractivity contribution in [3.05, 3.63) is 0 Å². The van der Waals surface area contributed by atoms with Crippen molar-refractivity contribution in [3.8, 4) is 0 Å². The zero-order valence-corrected chi connectivity index (χ0v) is 6.46. The third-order valence-corrected chi connectivity index (χ3v) is 1.29. The maximum Gasteiger partial charge on any atom is 0.335 e. The molecule has 0 aromatic rings. The zero-order valence-electron chi connectivity index (χ0n) is 6.46. The number of urea groups is 1. The highest BCUT2D eigenvalue weighted by Crippen LogP contribution is 1.82. The second kappa shape index (κ2) is 3.83. The Balaban J connectivity index is 2.38. The Morgan fingerprint density at radius 1 is 1.54 bits per heavy atom. The van der Waals surface area contributed by atoms with Crippen LogP contribution in [-0.4, -0.2) is 35.7 Å². The van der Waals surface area contributed by atoms with Crippen molar-refractivity contribution in [2.45, 2.75) is 6.17 Å². The van der Waals surface area contributed by atoms with Gasteiger partial charge < -0.3 is 5.11 Å². The van der Waals surface area contributed by atoms with Crippen molar-refractivity contribution in [2.75, 3.05) is 6.54 Å². The van der Waals surface area contributed by atoms with Gasteiger partial charge in [0.15, 0.2) is 6.17 Å². The Morgan fingerprint density at radius 3 is 2.77 bits per heavy atom. The first-order valence-corrected chi connectivity index (χ1v) is 3.41. The summed E-state index contributed by atoms with van der Waals surface area (Å²) in [5.41, 5.74) is 4.40. The molecule has 1 aliphatic heterocycles. The first kappa shape index (κ1) is 9.42. The molecule has 1 aliphatic rings. The van der Waals surface area contributed by atoms with Gasteiger partial charge >= 0.3 is 12.0 Å². The molecule has 3 amide bonds. The lowest BCUT2D eigenvalue weighted by atomic mass is 10.4. The summed E-state index contributed by atoms with van der Waals surface area (Å²) >= 11 is 0. The van der Waals surface area contributed by atoms with Gasteiger partial charge in [0.05, 0.1) is 6.54 Å². The lowest BCUT2D eigenvalue weighted by molar-refractivity contribution is -0.136. The zero-order chi connectivity index (χ0) is 9.84. The molecule has 0 saturated carbocycles. The summed E-state index contributed by atoms with van der Waals surface area (Å²) in [5.74, 6) is -1.71. The molecule has 5 N–H and O–H groups in total. The van der Waals surface area contributed by atoms with Gasteiger partial charge in [-0.05, 0) is 0 Å². The minimum absolute atomic E-state index is 0.374. The molecule has 1 rings (SSSR count). The fourth-order valence-electron chi connectivity index (χ4n) is 0.752. The lowest BCUT2D eigenvalue weighted by Crippen LogP contribution is -2.67. The fraction of sp³-hybridized carbons (Fsp3) is 0.400. The van der Waals surface area contributed by atoms with Crippen LogP contribution in [0.15, 0.2) is 0 Å². The number of hydrogen-bond donors (Lipinski definition) is 5. The molecule has 0 spiro atoms. The molecular weight excluding hydrogens is 180 g/mol. The van der Waals surface area contributed by atoms with Gasteiger partial charge in [0.25, 0.3) is 5.91 Å². The maximum atomic E-state index is 10.9. The summed E-state index contributed by atoms with van der Waals surface area (Å²) in [6.07, 6.45) is -0.922. The number of nitrogens with one attached hydrogen (secondary N) is 4. The van der Waals surface area contributed by atoms with Crippen LogP contribution in [0, 0.1) is 0 Å². The third-order valence-electron chi connectivity index (χ3n) is 1.29. The molecule has 0 aromatic carbocycles. The quantitative estimate of drug-likeness (QED) is 0.329. The van der Waals surface area contributed by atoms with E-state index in [1.807, 2.05) is 5.32 Å². The van der Waals surface area contributed by atoms with Crippen molar-refractivity contribution in [2.24, 2.45) is 0 Å². The minimum atomic E-state index is -1.09. The third kappa shape index (κ3) is 2.69. The standard InChI is InChI=1S/C5H8N4O4/c10-2(11)1-6-3-4(12)7-5(13)9-8-3/h3,6,8H,1H2,(H,10,11)(H2,7,9,12,13). The summed E-state index contributed by atoms with van der Waals surface area (Å²) in [7, 11) is 0. The molecule has 1 saturated heterocycles. The summed E-state index contributed by atoms with van der Waals surface area (Å²) < 4.78 is 0. The van der Waals surface area contributed by atoms with Crippen molar-refractivity contribution in [1.29, 1.82) is 0 Å². The number of carbonyl (C=O) groups is 3. The van der Waals surface area contributed by atoms with E-state index in [2.05, 4.69) is 16.2 Å². The highest BCUT2D eigenvalue weighted by atomic mass is 16.4. The number of hydrazine groups is 1. The molecule has 0 aliphatic carbocycles. The van der Waals surface area contributed by atoms with Crippen LogP contribution in [0.5, 0.6) is 0 Å². The Morgan fingerprint density at radius 2 is 2.23 bits per heavy atom. The van der Waals surface area contributed by atoms with E-state index < -0.39 is 24.1 Å². The van der Waals surface area contributed by atoms with Crippen molar-refractivity contribution < 1.29 is 19.5 Å². The number of amides is 3. The molecule has 0 aromatic heterocycles. The van der Waals surface area contributed by atoms with Crippen LogP contribution in [0.4, 0.5) is 4.79 Å². The van der Waals surface area contributed by atoms with Gasteiger partial charge in [-0.2, -0.15) is 0 Å². The predicted octanol–water partition coefficient (Wildman–Crippen LogP) is -2.67. The Hall–Kier alpha value is -1.67. The van der Waals surface area contributed by atoms with Crippen LogP contribution in [0.1, 0.15) is 0 Å². The maximum absolute atomic E-state index is 10.9. The van der Waals surface area contributed by atoms with E-state index in [1.54, 1.807) is 0 Å². The first-order valence-electron chi connectivity index (χ1n) is 3.41. The van der Waals surface area contributed by atoms with Gasteiger partial charge in [-0.15, -0.1) is 0 Å². The van der Waals surface area contributed by atoms with Crippen molar-refractivity contribution in [1.82, 2.24) is 21.5 Å². The van der Waals surface area contributed by atoms with E-state index in [0.717, 1.165) is 0 Å². The van der Waals surface area contributed by atoms with Crippen LogP contribution >= 0.6 is 0 Å². The molecule has 1 fully saturated rings. The predicted molar refractivity (Wildman–Crippen MR) is 39.2 cm³/mol. The van der Waals surface area contributed by atoms with Gasteiger partial charge in [-0.1, -0.05) is 0 Å². The van der Waals surface area contributed by atoms with E-state index in [1.165, 1.54) is 0 Å². The fourth-order valence-corrected chi connectivity index (χ4v) is 0.752. The SMILES string of the molecule is O=C(O)CNC1NNC(=O)NC1=O. The topological polar surface area (TPSA) is 120 Å². The summed E-state index contributed by atoms with van der Waals surface area (Å²) in [4.78, 5) is 31.5. The van der Waals surface area contributed by atoms with Crippen LogP contribution in [0.2, 0.25) is 0 Å². The van der Waals surface area contributed by atoms with Crippen LogP contribution in [0.25, 0.3) is 0 Å². The molecule has 72 valence electrons. The van der Waals surface area contributed by atoms with Gasteiger partial charge in [-0.25, -0.2) is 10.2 Å². The van der Waals surface area contributed by atoms with E-state index in [-0.39, 0.29) is 6.54 Å². The summed E-state index contributed by atoms with van der Waals surface area (Å²) in [6.45, 7) is -0.374. The average molecular weight is 188 g/mol. The lowest BCUT2D eigenvalue weighted by Gasteiger charge is -2.23. The average Bonchev–Trinajstić information content (AvgIpc) is 2.02. The molecule has 8 nitrogen and oxygen atoms in total. The molecule has 8 heteroatoms. The first-order chi connectivity index (χ1) is 6.09. The van der Waals surface area contributed by atoms with Gasteiger partial charge in [-0.3, -0.25) is 25.6 Å². The highest BCUT2D eigenvalue weighted by molar-refractivity contribution is 5.98. The number of rotatable bonds is 3. The van der Waals surface area contributed by atoms with E-state index in [9.17, 15) is 14.4 Å². The Kier molecular flexibility index (Phi) is 2.77. The number of hydrogen-bond acceptors (Lipinski definition) is 5. The molecule has 1 unspecified atom stereocenters. The Bertz CT molecular complexity index is 253. The monoisotopic (exact) mass is 188 g/mol. The minimum Gasteiger partial charge on any atom is -0.480 e. The van der Waals surface area contributed by atoms with Crippen molar-refractivity contribution >= 4 is 17.9 Å². The van der Waals surface area contributed by atoms with Gasteiger partial charge in [0.1, 0.15) is 0 Å². The number of aliphatic carboxylic acids is 1. The van der Waals surface area contributed by atoms with E-state index >= 15 is 0 Å². The molecule has 1 atom stereocenters. The van der Waals surface area contributed by atoms with Gasteiger partial charge in [0, 0.05) is 0 Å². The molecule has 1 heterocycles. The second-order valence-electron chi connectivity index (χ2n) is 2.30. The number of imide groups is 1. The van der Waals surface area contributed by atoms with Gasteiger partial charge in [0.2, 0.25) is 0 Å². The summed E-state index contributed by atoms with van der Waals surface area (Å²) in [5, 5.41) is 12.6. The normalized spacial score (nSPS) is 22.0. The summed E-state index contributed by atoms with van der Waals surface area (Å²) in [6, 6.07) is -0.668. The van der Waals surface area contributed by atoms with Crippen LogP contribution in [-0.2, 0) is 9.59 Å². The number of carbonyl (C=O) groups excluding carboxylic acids is 2. The van der Waals surface area contributed by atoms with Crippen LogP contribution in [0.3, 0.4) is 0 Å². The molecular formula is C5H8N4O4. The van der Waals surface area contributed by atoms with Crippen LogP contribution < -0.4 is 21.5 Å². The smallest absolute Gasteiger partial charge is 0.335 e.